The number of aryl methyl sites for hydroxylation is 1. The fourth-order valence-corrected chi connectivity index (χ4v) is 4.17. The van der Waals surface area contributed by atoms with Crippen LogP contribution in [0.5, 0.6) is 5.75 Å². The van der Waals surface area contributed by atoms with Crippen molar-refractivity contribution < 1.29 is 9.47 Å². The van der Waals surface area contributed by atoms with Gasteiger partial charge < -0.3 is 14.4 Å². The molecule has 0 radical (unpaired) electrons. The van der Waals surface area contributed by atoms with Crippen LogP contribution >= 0.6 is 0 Å². The molecule has 29 heavy (non-hydrogen) atoms. The molecule has 1 aliphatic heterocycles. The predicted molar refractivity (Wildman–Crippen MR) is 119 cm³/mol. The molecule has 1 fully saturated rings. The van der Waals surface area contributed by atoms with Crippen molar-refractivity contribution in [1.29, 1.82) is 0 Å². The average Bonchev–Trinajstić information content (AvgIpc) is 2.76. The summed E-state index contributed by atoms with van der Waals surface area (Å²) >= 11 is 0. The maximum absolute atomic E-state index is 6.09. The standard InChI is InChI=1S/C26H29NO2/c1-20-8-10-22(11-9-20)17-25-19-29-18-24(16-21-6-4-3-5-7-21)27(25)23-12-14-26(28-2)15-13-23/h3-15,24-25H,16-19H2,1-2H3/t24-,25+/m0/s1. The van der Waals surface area contributed by atoms with Gasteiger partial charge in [-0.1, -0.05) is 60.2 Å². The molecule has 3 heteroatoms. The van der Waals surface area contributed by atoms with Gasteiger partial charge >= 0.3 is 0 Å². The molecule has 150 valence electrons. The van der Waals surface area contributed by atoms with E-state index in [0.717, 1.165) is 31.8 Å². The summed E-state index contributed by atoms with van der Waals surface area (Å²) in [5.74, 6) is 0.886. The first kappa shape index (κ1) is 19.5. The maximum Gasteiger partial charge on any atom is 0.119 e. The molecule has 0 spiro atoms. The van der Waals surface area contributed by atoms with Crippen LogP contribution < -0.4 is 9.64 Å². The molecule has 3 aromatic carbocycles. The van der Waals surface area contributed by atoms with Gasteiger partial charge in [0.2, 0.25) is 0 Å². The number of rotatable bonds is 6. The third-order valence-corrected chi connectivity index (χ3v) is 5.68. The monoisotopic (exact) mass is 387 g/mol. The zero-order valence-corrected chi connectivity index (χ0v) is 17.3. The summed E-state index contributed by atoms with van der Waals surface area (Å²) in [6, 6.07) is 28.6. The zero-order chi connectivity index (χ0) is 20.1. The van der Waals surface area contributed by atoms with Crippen LogP contribution in [-0.2, 0) is 17.6 Å². The highest BCUT2D eigenvalue weighted by molar-refractivity contribution is 5.52. The van der Waals surface area contributed by atoms with Gasteiger partial charge in [0, 0.05) is 5.69 Å². The lowest BCUT2D eigenvalue weighted by Gasteiger charge is -2.44. The second-order valence-electron chi connectivity index (χ2n) is 7.83. The number of hydrogen-bond acceptors (Lipinski definition) is 3. The number of anilines is 1. The van der Waals surface area contributed by atoms with E-state index in [-0.39, 0.29) is 0 Å². The van der Waals surface area contributed by atoms with Crippen LogP contribution in [0.4, 0.5) is 5.69 Å². The van der Waals surface area contributed by atoms with Gasteiger partial charge in [-0.3, -0.25) is 0 Å². The van der Waals surface area contributed by atoms with E-state index >= 15 is 0 Å². The molecule has 4 rings (SSSR count). The fraction of sp³-hybridized carbons (Fsp3) is 0.308. The molecule has 0 unspecified atom stereocenters. The summed E-state index contributed by atoms with van der Waals surface area (Å²) in [5, 5.41) is 0. The molecule has 0 aromatic heterocycles. The van der Waals surface area contributed by atoms with Gasteiger partial charge in [-0.25, -0.2) is 0 Å². The van der Waals surface area contributed by atoms with Gasteiger partial charge in [-0.15, -0.1) is 0 Å². The van der Waals surface area contributed by atoms with Crippen molar-refractivity contribution in [3.63, 3.8) is 0 Å². The van der Waals surface area contributed by atoms with E-state index < -0.39 is 0 Å². The van der Waals surface area contributed by atoms with E-state index in [1.165, 1.54) is 22.4 Å². The van der Waals surface area contributed by atoms with Crippen LogP contribution in [0, 0.1) is 6.92 Å². The highest BCUT2D eigenvalue weighted by Gasteiger charge is 2.31. The molecule has 1 heterocycles. The van der Waals surface area contributed by atoms with Crippen LogP contribution in [0.1, 0.15) is 16.7 Å². The molecular weight excluding hydrogens is 358 g/mol. The maximum atomic E-state index is 6.09. The average molecular weight is 388 g/mol. The molecule has 0 N–H and O–H groups in total. The summed E-state index contributed by atoms with van der Waals surface area (Å²) in [6.45, 7) is 3.61. The Hall–Kier alpha value is -2.78. The predicted octanol–water partition coefficient (Wildman–Crippen LogP) is 5.06. The number of nitrogens with zero attached hydrogens (tertiary/aromatic N) is 1. The quantitative estimate of drug-likeness (QED) is 0.590. The first-order chi connectivity index (χ1) is 14.2. The molecule has 3 nitrogen and oxygen atoms in total. The van der Waals surface area contributed by atoms with Crippen LogP contribution in [0.3, 0.4) is 0 Å². The highest BCUT2D eigenvalue weighted by atomic mass is 16.5. The Morgan fingerprint density at radius 3 is 1.97 bits per heavy atom. The van der Waals surface area contributed by atoms with Crippen LogP contribution in [0.15, 0.2) is 78.9 Å². The van der Waals surface area contributed by atoms with Crippen molar-refractivity contribution in [2.45, 2.75) is 31.8 Å². The molecule has 0 amide bonds. The Morgan fingerprint density at radius 1 is 0.793 bits per heavy atom. The fourth-order valence-electron chi connectivity index (χ4n) is 4.17. The van der Waals surface area contributed by atoms with Gasteiger partial charge in [0.1, 0.15) is 5.75 Å². The number of benzene rings is 3. The summed E-state index contributed by atoms with van der Waals surface area (Å²) < 4.78 is 11.5. The van der Waals surface area contributed by atoms with Gasteiger partial charge in [0.25, 0.3) is 0 Å². The minimum atomic E-state index is 0.300. The van der Waals surface area contributed by atoms with Crippen molar-refractivity contribution in [1.82, 2.24) is 0 Å². The Kier molecular flexibility index (Phi) is 6.16. The van der Waals surface area contributed by atoms with Crippen LogP contribution in [0.25, 0.3) is 0 Å². The number of ether oxygens (including phenoxy) is 2. The third-order valence-electron chi connectivity index (χ3n) is 5.68. The largest absolute Gasteiger partial charge is 0.497 e. The van der Waals surface area contributed by atoms with Crippen LogP contribution in [-0.4, -0.2) is 32.4 Å². The summed E-state index contributed by atoms with van der Waals surface area (Å²) in [4.78, 5) is 2.57. The van der Waals surface area contributed by atoms with Gasteiger partial charge in [-0.2, -0.15) is 0 Å². The van der Waals surface area contributed by atoms with E-state index in [0.29, 0.717) is 12.1 Å². The van der Waals surface area contributed by atoms with Crippen molar-refractivity contribution in [2.24, 2.45) is 0 Å². The van der Waals surface area contributed by atoms with Crippen molar-refractivity contribution in [3.05, 3.63) is 95.6 Å². The minimum absolute atomic E-state index is 0.300. The highest BCUT2D eigenvalue weighted by Crippen LogP contribution is 2.29. The van der Waals surface area contributed by atoms with Crippen molar-refractivity contribution >= 4 is 5.69 Å². The summed E-state index contributed by atoms with van der Waals surface area (Å²) in [6.07, 6.45) is 1.94. The Morgan fingerprint density at radius 2 is 1.38 bits per heavy atom. The molecule has 1 saturated heterocycles. The number of methoxy groups -OCH3 is 1. The molecule has 3 aromatic rings. The number of morpholine rings is 1. The summed E-state index contributed by atoms with van der Waals surface area (Å²) in [7, 11) is 1.71. The van der Waals surface area contributed by atoms with E-state index in [9.17, 15) is 0 Å². The SMILES string of the molecule is COc1ccc(N2[C@@H](Cc3ccccc3)COC[C@H]2Cc2ccc(C)cc2)cc1. The Labute approximate surface area is 173 Å². The second-order valence-corrected chi connectivity index (χ2v) is 7.83. The Bertz CT molecular complexity index is 890. The normalized spacial score (nSPS) is 19.2. The minimum Gasteiger partial charge on any atom is -0.497 e. The van der Waals surface area contributed by atoms with Crippen molar-refractivity contribution in [3.8, 4) is 5.75 Å². The van der Waals surface area contributed by atoms with Gasteiger partial charge in [0.05, 0.1) is 32.4 Å². The van der Waals surface area contributed by atoms with E-state index in [1.807, 2.05) is 12.1 Å². The van der Waals surface area contributed by atoms with E-state index in [2.05, 4.69) is 78.6 Å². The molecule has 0 saturated carbocycles. The zero-order valence-electron chi connectivity index (χ0n) is 17.3. The third kappa shape index (κ3) is 4.80. The molecule has 1 aliphatic rings. The lowest BCUT2D eigenvalue weighted by atomic mass is 9.97. The summed E-state index contributed by atoms with van der Waals surface area (Å²) in [5.41, 5.74) is 5.22. The van der Waals surface area contributed by atoms with E-state index in [4.69, 9.17) is 9.47 Å². The van der Waals surface area contributed by atoms with Crippen molar-refractivity contribution in [2.75, 3.05) is 25.2 Å². The lowest BCUT2D eigenvalue weighted by molar-refractivity contribution is 0.0664. The van der Waals surface area contributed by atoms with Gasteiger partial charge in [-0.05, 0) is 55.2 Å². The van der Waals surface area contributed by atoms with Crippen LogP contribution in [0.2, 0.25) is 0 Å². The molecular formula is C26H29NO2. The first-order valence-corrected chi connectivity index (χ1v) is 10.3. The van der Waals surface area contributed by atoms with E-state index in [1.54, 1.807) is 7.11 Å². The lowest BCUT2D eigenvalue weighted by Crippen LogP contribution is -2.54. The smallest absolute Gasteiger partial charge is 0.119 e. The number of hydrogen-bond donors (Lipinski definition) is 0. The molecule has 0 aliphatic carbocycles. The Balaban J connectivity index is 1.63. The first-order valence-electron chi connectivity index (χ1n) is 10.3. The molecule has 2 atom stereocenters. The topological polar surface area (TPSA) is 21.7 Å². The molecule has 0 bridgehead atoms. The van der Waals surface area contributed by atoms with Gasteiger partial charge in [0.15, 0.2) is 0 Å². The second kappa shape index (κ2) is 9.15.